The van der Waals surface area contributed by atoms with Crippen LogP contribution >= 0.6 is 11.3 Å². The fraction of sp³-hybridized carbons (Fsp3) is 0.0769. The van der Waals surface area contributed by atoms with Gasteiger partial charge in [0.2, 0.25) is 0 Å². The molecular formula is C13H11N3OS. The summed E-state index contributed by atoms with van der Waals surface area (Å²) >= 11 is 1.62. The molecule has 0 fully saturated rings. The van der Waals surface area contributed by atoms with Crippen LogP contribution in [0.4, 0.5) is 11.5 Å². The first-order chi connectivity index (χ1) is 8.88. The Morgan fingerprint density at radius 2 is 2.06 bits per heavy atom. The van der Waals surface area contributed by atoms with Gasteiger partial charge in [0.25, 0.3) is 0 Å². The number of nitrogens with one attached hydrogen (secondary N) is 1. The predicted molar refractivity (Wildman–Crippen MR) is 73.7 cm³/mol. The number of benzene rings is 1. The topological polar surface area (TPSA) is 47.0 Å². The van der Waals surface area contributed by atoms with Crippen molar-refractivity contribution in [3.63, 3.8) is 0 Å². The van der Waals surface area contributed by atoms with E-state index in [0.29, 0.717) is 0 Å². The molecule has 0 saturated heterocycles. The highest BCUT2D eigenvalue weighted by Gasteiger charge is 2.07. The van der Waals surface area contributed by atoms with Crippen LogP contribution in [0, 0.1) is 0 Å². The van der Waals surface area contributed by atoms with Gasteiger partial charge < -0.3 is 10.1 Å². The highest BCUT2D eigenvalue weighted by atomic mass is 32.1. The number of rotatable bonds is 3. The Morgan fingerprint density at radius 1 is 1.17 bits per heavy atom. The molecule has 0 spiro atoms. The van der Waals surface area contributed by atoms with Gasteiger partial charge in [-0.15, -0.1) is 11.3 Å². The number of nitrogens with zero attached hydrogens (tertiary/aromatic N) is 2. The summed E-state index contributed by atoms with van der Waals surface area (Å²) in [4.78, 5) is 8.50. The summed E-state index contributed by atoms with van der Waals surface area (Å²) in [6.45, 7) is 0. The molecule has 1 N–H and O–H groups in total. The van der Waals surface area contributed by atoms with Crippen molar-refractivity contribution in [2.75, 3.05) is 12.4 Å². The monoisotopic (exact) mass is 257 g/mol. The van der Waals surface area contributed by atoms with Crippen LogP contribution in [0.2, 0.25) is 0 Å². The lowest BCUT2D eigenvalue weighted by Gasteiger charge is -2.10. The van der Waals surface area contributed by atoms with Gasteiger partial charge >= 0.3 is 0 Å². The average molecular weight is 257 g/mol. The van der Waals surface area contributed by atoms with E-state index in [-0.39, 0.29) is 0 Å². The molecule has 0 saturated carbocycles. The maximum atomic E-state index is 5.31. The number of fused-ring (bicyclic) bond motifs is 1. The number of ether oxygens (including phenoxy) is 1. The molecule has 0 aliphatic heterocycles. The van der Waals surface area contributed by atoms with Crippen LogP contribution in [0.1, 0.15) is 0 Å². The Bertz CT molecular complexity index is 681. The van der Waals surface area contributed by atoms with Crippen molar-refractivity contribution in [3.8, 4) is 5.75 Å². The summed E-state index contributed by atoms with van der Waals surface area (Å²) in [6.07, 6.45) is 1.56. The quantitative estimate of drug-likeness (QED) is 0.780. The molecule has 0 unspecified atom stereocenters. The zero-order valence-corrected chi connectivity index (χ0v) is 10.6. The summed E-state index contributed by atoms with van der Waals surface area (Å²) < 4.78 is 6.35. The average Bonchev–Trinajstić information content (AvgIpc) is 2.89. The van der Waals surface area contributed by atoms with Crippen molar-refractivity contribution in [2.24, 2.45) is 0 Å². The molecular weight excluding hydrogens is 246 g/mol. The van der Waals surface area contributed by atoms with Crippen LogP contribution in [-0.4, -0.2) is 17.1 Å². The lowest BCUT2D eigenvalue weighted by molar-refractivity contribution is 0.417. The molecule has 0 atom stereocenters. The Labute approximate surface area is 108 Å². The van der Waals surface area contributed by atoms with Gasteiger partial charge in [-0.1, -0.05) is 12.1 Å². The molecule has 18 heavy (non-hydrogen) atoms. The molecule has 0 aliphatic rings. The van der Waals surface area contributed by atoms with Gasteiger partial charge in [-0.25, -0.2) is 9.97 Å². The van der Waals surface area contributed by atoms with E-state index in [0.717, 1.165) is 27.5 Å². The van der Waals surface area contributed by atoms with Gasteiger partial charge in [-0.05, 0) is 23.6 Å². The molecule has 3 aromatic rings. The third kappa shape index (κ3) is 1.89. The van der Waals surface area contributed by atoms with E-state index in [1.807, 2.05) is 35.7 Å². The van der Waals surface area contributed by atoms with E-state index in [1.54, 1.807) is 24.8 Å². The lowest BCUT2D eigenvalue weighted by Crippen LogP contribution is -1.96. The molecule has 90 valence electrons. The maximum absolute atomic E-state index is 5.31. The molecule has 0 aliphatic carbocycles. The second-order valence-corrected chi connectivity index (χ2v) is 4.60. The largest absolute Gasteiger partial charge is 0.495 e. The predicted octanol–water partition coefficient (Wildman–Crippen LogP) is 3.44. The van der Waals surface area contributed by atoms with Gasteiger partial charge in [-0.3, -0.25) is 0 Å². The second kappa shape index (κ2) is 4.62. The van der Waals surface area contributed by atoms with Gasteiger partial charge in [0.05, 0.1) is 23.0 Å². The van der Waals surface area contributed by atoms with Crippen LogP contribution < -0.4 is 10.1 Å². The van der Waals surface area contributed by atoms with Crippen molar-refractivity contribution in [1.29, 1.82) is 0 Å². The smallest absolute Gasteiger partial charge is 0.151 e. The van der Waals surface area contributed by atoms with Crippen molar-refractivity contribution >= 4 is 33.1 Å². The van der Waals surface area contributed by atoms with Crippen LogP contribution in [0.5, 0.6) is 5.75 Å². The molecule has 0 bridgehead atoms. The van der Waals surface area contributed by atoms with E-state index >= 15 is 0 Å². The Hall–Kier alpha value is -2.14. The van der Waals surface area contributed by atoms with Gasteiger partial charge in [-0.2, -0.15) is 0 Å². The van der Waals surface area contributed by atoms with Crippen LogP contribution in [0.3, 0.4) is 0 Å². The van der Waals surface area contributed by atoms with Crippen molar-refractivity contribution in [2.45, 2.75) is 0 Å². The third-order valence-corrected chi connectivity index (χ3v) is 3.51. The molecule has 4 nitrogen and oxygen atoms in total. The number of methoxy groups -OCH3 is 1. The summed E-state index contributed by atoms with van der Waals surface area (Å²) in [5.74, 6) is 1.60. The first-order valence-corrected chi connectivity index (χ1v) is 6.34. The van der Waals surface area contributed by atoms with E-state index in [9.17, 15) is 0 Å². The van der Waals surface area contributed by atoms with Crippen LogP contribution in [0.15, 0.2) is 42.0 Å². The molecule has 2 heterocycles. The molecule has 5 heteroatoms. The number of thiophene rings is 1. The van der Waals surface area contributed by atoms with Crippen molar-refractivity contribution < 1.29 is 4.74 Å². The van der Waals surface area contributed by atoms with E-state index in [1.165, 1.54) is 0 Å². The number of para-hydroxylation sites is 2. The number of hydrogen-bond donors (Lipinski definition) is 1. The summed E-state index contributed by atoms with van der Waals surface area (Å²) in [5.41, 5.74) is 1.85. The molecule has 3 rings (SSSR count). The molecule has 2 aromatic heterocycles. The van der Waals surface area contributed by atoms with Crippen molar-refractivity contribution in [3.05, 3.63) is 42.0 Å². The maximum Gasteiger partial charge on any atom is 0.151 e. The first kappa shape index (κ1) is 11.0. The third-order valence-electron chi connectivity index (χ3n) is 2.60. The molecule has 1 aromatic carbocycles. The summed E-state index contributed by atoms with van der Waals surface area (Å²) in [6, 6.07) is 9.74. The highest BCUT2D eigenvalue weighted by Crippen LogP contribution is 2.31. The SMILES string of the molecule is COc1ccccc1Nc1ncnc2ccsc12. The first-order valence-electron chi connectivity index (χ1n) is 5.47. The number of hydrogen-bond acceptors (Lipinski definition) is 5. The van der Waals surface area contributed by atoms with Crippen LogP contribution in [0.25, 0.3) is 10.2 Å². The zero-order valence-electron chi connectivity index (χ0n) is 9.75. The number of anilines is 2. The van der Waals surface area contributed by atoms with Crippen molar-refractivity contribution in [1.82, 2.24) is 9.97 Å². The van der Waals surface area contributed by atoms with Gasteiger partial charge in [0.1, 0.15) is 12.1 Å². The fourth-order valence-corrected chi connectivity index (χ4v) is 2.54. The Balaban J connectivity index is 2.04. The summed E-state index contributed by atoms with van der Waals surface area (Å²) in [5, 5.41) is 5.29. The molecule has 0 radical (unpaired) electrons. The minimum Gasteiger partial charge on any atom is -0.495 e. The lowest BCUT2D eigenvalue weighted by atomic mass is 10.3. The zero-order chi connectivity index (χ0) is 12.4. The Kier molecular flexibility index (Phi) is 2.82. The highest BCUT2D eigenvalue weighted by molar-refractivity contribution is 7.17. The van der Waals surface area contributed by atoms with Crippen LogP contribution in [-0.2, 0) is 0 Å². The van der Waals surface area contributed by atoms with Gasteiger partial charge in [0.15, 0.2) is 5.82 Å². The normalized spacial score (nSPS) is 10.5. The van der Waals surface area contributed by atoms with E-state index < -0.39 is 0 Å². The van der Waals surface area contributed by atoms with Gasteiger partial charge in [0, 0.05) is 0 Å². The van der Waals surface area contributed by atoms with E-state index in [4.69, 9.17) is 4.74 Å². The summed E-state index contributed by atoms with van der Waals surface area (Å²) in [7, 11) is 1.65. The van der Waals surface area contributed by atoms with E-state index in [2.05, 4.69) is 15.3 Å². The fourth-order valence-electron chi connectivity index (χ4n) is 1.75. The standard InChI is InChI=1S/C13H11N3OS/c1-17-11-5-3-2-4-9(11)16-13-12-10(6-7-18-12)14-8-15-13/h2-8H,1H3,(H,14,15,16). The second-order valence-electron chi connectivity index (χ2n) is 3.68. The number of aromatic nitrogens is 2. The minimum absolute atomic E-state index is 0.792. The Morgan fingerprint density at radius 3 is 2.94 bits per heavy atom. The molecule has 0 amide bonds. The minimum atomic E-state index is 0.792.